The van der Waals surface area contributed by atoms with Gasteiger partial charge in [0.05, 0.1) is 17.6 Å². The van der Waals surface area contributed by atoms with Crippen LogP contribution < -0.4 is 5.32 Å². The minimum atomic E-state index is 0.0538. The zero-order valence-corrected chi connectivity index (χ0v) is 10.7. The van der Waals surface area contributed by atoms with Gasteiger partial charge in [-0.15, -0.1) is 11.3 Å². The third-order valence-corrected chi connectivity index (χ3v) is 3.11. The monoisotopic (exact) mass is 241 g/mol. The number of rotatable bonds is 7. The Morgan fingerprint density at radius 3 is 2.81 bits per heavy atom. The fourth-order valence-corrected chi connectivity index (χ4v) is 2.00. The molecular formula is C11H19N3OS. The van der Waals surface area contributed by atoms with Gasteiger partial charge in [-0.1, -0.05) is 13.8 Å². The van der Waals surface area contributed by atoms with Crippen molar-refractivity contribution in [1.82, 2.24) is 15.2 Å². The highest BCUT2D eigenvalue weighted by Gasteiger charge is 2.05. The molecule has 0 aliphatic rings. The van der Waals surface area contributed by atoms with Gasteiger partial charge in [0.1, 0.15) is 0 Å². The Kier molecular flexibility index (Phi) is 6.03. The summed E-state index contributed by atoms with van der Waals surface area (Å²) in [6, 6.07) is 0. The topological polar surface area (TPSA) is 45.2 Å². The van der Waals surface area contributed by atoms with Crippen molar-refractivity contribution in [1.29, 1.82) is 0 Å². The second-order valence-electron chi connectivity index (χ2n) is 3.53. The molecule has 1 aromatic rings. The lowest BCUT2D eigenvalue weighted by Gasteiger charge is -2.17. The summed E-state index contributed by atoms with van der Waals surface area (Å²) in [7, 11) is 0. The molecule has 0 radical (unpaired) electrons. The van der Waals surface area contributed by atoms with Crippen LogP contribution in [0.3, 0.4) is 0 Å². The van der Waals surface area contributed by atoms with E-state index in [0.29, 0.717) is 13.0 Å². The average molecular weight is 241 g/mol. The van der Waals surface area contributed by atoms with Crippen LogP contribution >= 0.6 is 11.3 Å². The molecule has 5 heteroatoms. The number of aromatic nitrogens is 1. The average Bonchev–Trinajstić information content (AvgIpc) is 2.77. The Morgan fingerprint density at radius 1 is 1.50 bits per heavy atom. The molecule has 16 heavy (non-hydrogen) atoms. The van der Waals surface area contributed by atoms with E-state index in [1.807, 2.05) is 5.38 Å². The molecule has 4 nitrogen and oxygen atoms in total. The van der Waals surface area contributed by atoms with Crippen molar-refractivity contribution in [2.45, 2.75) is 20.3 Å². The van der Waals surface area contributed by atoms with Gasteiger partial charge < -0.3 is 10.2 Å². The number of amides is 1. The van der Waals surface area contributed by atoms with E-state index in [1.54, 1.807) is 5.51 Å². The van der Waals surface area contributed by atoms with Crippen molar-refractivity contribution in [3.63, 3.8) is 0 Å². The van der Waals surface area contributed by atoms with Crippen LogP contribution in [0.5, 0.6) is 0 Å². The molecule has 1 N–H and O–H groups in total. The maximum atomic E-state index is 11.5. The highest BCUT2D eigenvalue weighted by molar-refractivity contribution is 7.07. The largest absolute Gasteiger partial charge is 0.354 e. The van der Waals surface area contributed by atoms with E-state index >= 15 is 0 Å². The molecule has 0 fully saturated rings. The molecule has 0 saturated heterocycles. The van der Waals surface area contributed by atoms with E-state index in [4.69, 9.17) is 0 Å². The number of nitrogens with one attached hydrogen (secondary N) is 1. The standard InChI is InChI=1S/C11H19N3OS/c1-3-14(4-2)6-5-12-11(15)7-10-8-16-9-13-10/h8-9H,3-7H2,1-2H3,(H,12,15). The van der Waals surface area contributed by atoms with E-state index in [1.165, 1.54) is 11.3 Å². The van der Waals surface area contributed by atoms with Gasteiger partial charge in [-0.2, -0.15) is 0 Å². The van der Waals surface area contributed by atoms with E-state index in [9.17, 15) is 4.79 Å². The van der Waals surface area contributed by atoms with Gasteiger partial charge in [-0.05, 0) is 13.1 Å². The Balaban J connectivity index is 2.15. The Hall–Kier alpha value is -0.940. The number of hydrogen-bond acceptors (Lipinski definition) is 4. The molecule has 0 aliphatic heterocycles. The number of carbonyl (C=O) groups is 1. The first-order valence-corrected chi connectivity index (χ1v) is 6.56. The molecule has 0 atom stereocenters. The van der Waals surface area contributed by atoms with Crippen LogP contribution in [-0.2, 0) is 11.2 Å². The van der Waals surface area contributed by atoms with Crippen LogP contribution in [0.15, 0.2) is 10.9 Å². The molecule has 1 heterocycles. The zero-order valence-electron chi connectivity index (χ0n) is 9.90. The lowest BCUT2D eigenvalue weighted by atomic mass is 10.3. The second kappa shape index (κ2) is 7.35. The molecule has 0 bridgehead atoms. The number of hydrogen-bond donors (Lipinski definition) is 1. The quantitative estimate of drug-likeness (QED) is 0.778. The molecule has 0 saturated carbocycles. The minimum Gasteiger partial charge on any atom is -0.354 e. The van der Waals surface area contributed by atoms with Crippen molar-refractivity contribution < 1.29 is 4.79 Å². The van der Waals surface area contributed by atoms with Crippen molar-refractivity contribution in [3.05, 3.63) is 16.6 Å². The van der Waals surface area contributed by atoms with Crippen LogP contribution in [0.25, 0.3) is 0 Å². The van der Waals surface area contributed by atoms with Crippen LogP contribution in [0, 0.1) is 0 Å². The molecule has 1 rings (SSSR count). The summed E-state index contributed by atoms with van der Waals surface area (Å²) < 4.78 is 0. The summed E-state index contributed by atoms with van der Waals surface area (Å²) in [4.78, 5) is 17.9. The van der Waals surface area contributed by atoms with E-state index in [2.05, 4.69) is 29.0 Å². The van der Waals surface area contributed by atoms with Crippen molar-refractivity contribution >= 4 is 17.2 Å². The molecule has 0 unspecified atom stereocenters. The fraction of sp³-hybridized carbons (Fsp3) is 0.636. The van der Waals surface area contributed by atoms with Gasteiger partial charge in [0.2, 0.25) is 5.91 Å². The first kappa shape index (κ1) is 13.1. The molecule has 1 aromatic heterocycles. The number of thiazole rings is 1. The molecule has 90 valence electrons. The summed E-state index contributed by atoms with van der Waals surface area (Å²) in [6.07, 6.45) is 0.391. The van der Waals surface area contributed by atoms with Crippen LogP contribution in [0.1, 0.15) is 19.5 Å². The SMILES string of the molecule is CCN(CC)CCNC(=O)Cc1cscn1. The van der Waals surface area contributed by atoms with Gasteiger partial charge in [0, 0.05) is 18.5 Å². The first-order chi connectivity index (χ1) is 7.76. The molecular weight excluding hydrogens is 222 g/mol. The summed E-state index contributed by atoms with van der Waals surface area (Å²) >= 11 is 1.52. The van der Waals surface area contributed by atoms with Gasteiger partial charge in [0.25, 0.3) is 0 Å². The van der Waals surface area contributed by atoms with Crippen LogP contribution in [0.4, 0.5) is 0 Å². The fourth-order valence-electron chi connectivity index (χ4n) is 1.45. The molecule has 1 amide bonds. The maximum Gasteiger partial charge on any atom is 0.226 e. The summed E-state index contributed by atoms with van der Waals surface area (Å²) in [5.74, 6) is 0.0538. The third-order valence-electron chi connectivity index (χ3n) is 2.47. The summed E-state index contributed by atoms with van der Waals surface area (Å²) in [5, 5.41) is 4.81. The predicted molar refractivity (Wildman–Crippen MR) is 66.6 cm³/mol. The lowest BCUT2D eigenvalue weighted by Crippen LogP contribution is -2.35. The first-order valence-electron chi connectivity index (χ1n) is 5.62. The number of likely N-dealkylation sites (N-methyl/N-ethyl adjacent to an activating group) is 1. The zero-order chi connectivity index (χ0) is 11.8. The third kappa shape index (κ3) is 4.72. The van der Waals surface area contributed by atoms with Gasteiger partial charge in [0.15, 0.2) is 0 Å². The van der Waals surface area contributed by atoms with Gasteiger partial charge in [-0.25, -0.2) is 4.98 Å². The summed E-state index contributed by atoms with van der Waals surface area (Å²) in [6.45, 7) is 7.93. The normalized spacial score (nSPS) is 10.7. The highest BCUT2D eigenvalue weighted by Crippen LogP contribution is 2.01. The lowest BCUT2D eigenvalue weighted by molar-refractivity contribution is -0.120. The second-order valence-corrected chi connectivity index (χ2v) is 4.25. The Bertz CT molecular complexity index is 296. The molecule has 0 aromatic carbocycles. The van der Waals surface area contributed by atoms with E-state index in [0.717, 1.165) is 25.3 Å². The van der Waals surface area contributed by atoms with Crippen molar-refractivity contribution in [2.75, 3.05) is 26.2 Å². The predicted octanol–water partition coefficient (Wildman–Crippen LogP) is 1.14. The van der Waals surface area contributed by atoms with Gasteiger partial charge >= 0.3 is 0 Å². The van der Waals surface area contributed by atoms with E-state index < -0.39 is 0 Å². The van der Waals surface area contributed by atoms with E-state index in [-0.39, 0.29) is 5.91 Å². The van der Waals surface area contributed by atoms with Gasteiger partial charge in [-0.3, -0.25) is 4.79 Å². The maximum absolute atomic E-state index is 11.5. The van der Waals surface area contributed by atoms with Crippen molar-refractivity contribution in [3.8, 4) is 0 Å². The number of nitrogens with zero attached hydrogens (tertiary/aromatic N) is 2. The number of carbonyl (C=O) groups excluding carboxylic acids is 1. The van der Waals surface area contributed by atoms with Crippen molar-refractivity contribution in [2.24, 2.45) is 0 Å². The summed E-state index contributed by atoms with van der Waals surface area (Å²) in [5.41, 5.74) is 2.60. The Labute approximate surface area is 101 Å². The minimum absolute atomic E-state index is 0.0538. The van der Waals surface area contributed by atoms with Crippen LogP contribution in [0.2, 0.25) is 0 Å². The molecule has 0 spiro atoms. The Morgan fingerprint density at radius 2 is 2.25 bits per heavy atom. The van der Waals surface area contributed by atoms with Crippen LogP contribution in [-0.4, -0.2) is 42.0 Å². The highest BCUT2D eigenvalue weighted by atomic mass is 32.1. The smallest absolute Gasteiger partial charge is 0.226 e. The molecule has 0 aliphatic carbocycles.